The third kappa shape index (κ3) is 3.41. The fourth-order valence-corrected chi connectivity index (χ4v) is 3.40. The summed E-state index contributed by atoms with van der Waals surface area (Å²) in [6, 6.07) is 4.64. The summed E-state index contributed by atoms with van der Waals surface area (Å²) in [5.74, 6) is 5.36. The summed E-state index contributed by atoms with van der Waals surface area (Å²) in [6.45, 7) is 3.64. The Hall–Kier alpha value is -1.69. The fourth-order valence-electron chi connectivity index (χ4n) is 1.65. The predicted molar refractivity (Wildman–Crippen MR) is 71.3 cm³/mol. The number of nitrogen functional groups attached to an aromatic ring is 1. The number of hydrazine groups is 1. The van der Waals surface area contributed by atoms with Gasteiger partial charge >= 0.3 is 0 Å². The number of anilines is 1. The monoisotopic (exact) mass is 283 g/mol. The van der Waals surface area contributed by atoms with Crippen LogP contribution in [0.3, 0.4) is 0 Å². The molecule has 1 aromatic rings. The lowest BCUT2D eigenvalue weighted by atomic mass is 10.3. The van der Waals surface area contributed by atoms with Crippen molar-refractivity contribution in [3.8, 4) is 6.07 Å². The second-order valence-electron chi connectivity index (χ2n) is 4.11. The third-order valence-electron chi connectivity index (χ3n) is 2.51. The molecule has 104 valence electrons. The molecule has 7 nitrogen and oxygen atoms in total. The van der Waals surface area contributed by atoms with Gasteiger partial charge in [-0.25, -0.2) is 19.2 Å². The fraction of sp³-hybridized carbons (Fsp3) is 0.455. The summed E-state index contributed by atoms with van der Waals surface area (Å²) in [5, 5.41) is 8.62. The van der Waals surface area contributed by atoms with Crippen LogP contribution in [-0.2, 0) is 10.0 Å². The molecule has 0 amide bonds. The largest absolute Gasteiger partial charge is 0.307 e. The number of nitrogens with one attached hydrogen (secondary N) is 1. The highest BCUT2D eigenvalue weighted by atomic mass is 32.2. The number of nitrogens with two attached hydrogens (primary N) is 1. The zero-order chi connectivity index (χ0) is 14.5. The Morgan fingerprint density at radius 1 is 1.58 bits per heavy atom. The normalized spacial score (nSPS) is 11.6. The summed E-state index contributed by atoms with van der Waals surface area (Å²) in [5.41, 5.74) is 2.27. The van der Waals surface area contributed by atoms with Crippen LogP contribution in [0.1, 0.15) is 20.3 Å². The molecule has 0 aliphatic heterocycles. The maximum absolute atomic E-state index is 12.5. The van der Waals surface area contributed by atoms with E-state index < -0.39 is 10.0 Å². The van der Waals surface area contributed by atoms with Crippen LogP contribution in [0.15, 0.2) is 23.2 Å². The number of nitrogens with zero attached hydrogens (tertiary/aromatic N) is 3. The third-order valence-corrected chi connectivity index (χ3v) is 4.62. The molecule has 0 aromatic carbocycles. The molecule has 0 saturated heterocycles. The molecule has 1 heterocycles. The summed E-state index contributed by atoms with van der Waals surface area (Å²) < 4.78 is 26.3. The second-order valence-corrected chi connectivity index (χ2v) is 5.97. The quantitative estimate of drug-likeness (QED) is 0.586. The lowest BCUT2D eigenvalue weighted by molar-refractivity contribution is 0.360. The Bertz CT molecular complexity index is 565. The van der Waals surface area contributed by atoms with E-state index in [-0.39, 0.29) is 29.7 Å². The van der Waals surface area contributed by atoms with Gasteiger partial charge in [-0.15, -0.1) is 0 Å². The summed E-state index contributed by atoms with van der Waals surface area (Å²) in [6.07, 6.45) is 1.58. The smallest absolute Gasteiger partial charge is 0.247 e. The number of hydrogen-bond acceptors (Lipinski definition) is 6. The van der Waals surface area contributed by atoms with Gasteiger partial charge in [0.1, 0.15) is 4.90 Å². The van der Waals surface area contributed by atoms with E-state index in [1.807, 2.05) is 6.07 Å². The van der Waals surface area contributed by atoms with Gasteiger partial charge < -0.3 is 5.43 Å². The zero-order valence-corrected chi connectivity index (χ0v) is 11.7. The van der Waals surface area contributed by atoms with Crippen LogP contribution in [0.5, 0.6) is 0 Å². The molecule has 19 heavy (non-hydrogen) atoms. The Morgan fingerprint density at radius 3 is 2.79 bits per heavy atom. The van der Waals surface area contributed by atoms with Crippen LogP contribution in [0.2, 0.25) is 0 Å². The van der Waals surface area contributed by atoms with E-state index in [2.05, 4.69) is 10.4 Å². The average Bonchev–Trinajstić information content (AvgIpc) is 2.38. The molecule has 0 atom stereocenters. The molecule has 0 saturated carbocycles. The number of nitriles is 1. The van der Waals surface area contributed by atoms with E-state index in [4.69, 9.17) is 11.1 Å². The van der Waals surface area contributed by atoms with Crippen LogP contribution in [0, 0.1) is 11.3 Å². The highest BCUT2D eigenvalue weighted by Crippen LogP contribution is 2.23. The topological polar surface area (TPSA) is 112 Å². The lowest BCUT2D eigenvalue weighted by Gasteiger charge is -2.25. The van der Waals surface area contributed by atoms with Crippen molar-refractivity contribution >= 4 is 15.8 Å². The molecule has 0 unspecified atom stereocenters. The standard InChI is InChI=1S/C11H17N5O2S/c1-9(2)16(8-4-6-12)19(17,18)10-5-3-7-14-11(10)15-13/h3,5,7,9H,4,8,13H2,1-2H3,(H,14,15). The SMILES string of the molecule is CC(C)N(CCC#N)S(=O)(=O)c1cccnc1NN. The number of aromatic nitrogens is 1. The number of pyridine rings is 1. The Morgan fingerprint density at radius 2 is 2.26 bits per heavy atom. The number of rotatable bonds is 6. The molecular weight excluding hydrogens is 266 g/mol. The Labute approximate surface area is 113 Å². The van der Waals surface area contributed by atoms with E-state index >= 15 is 0 Å². The molecule has 1 aromatic heterocycles. The van der Waals surface area contributed by atoms with Crippen LogP contribution in [-0.4, -0.2) is 30.3 Å². The van der Waals surface area contributed by atoms with Gasteiger partial charge in [-0.3, -0.25) is 0 Å². The lowest BCUT2D eigenvalue weighted by Crippen LogP contribution is -2.38. The second kappa shape index (κ2) is 6.47. The van der Waals surface area contributed by atoms with Crippen molar-refractivity contribution in [1.29, 1.82) is 5.26 Å². The molecule has 1 rings (SSSR count). The molecule has 0 aliphatic carbocycles. The zero-order valence-electron chi connectivity index (χ0n) is 10.9. The first-order valence-corrected chi connectivity index (χ1v) is 7.19. The van der Waals surface area contributed by atoms with Crippen LogP contribution in [0.25, 0.3) is 0 Å². The van der Waals surface area contributed by atoms with Gasteiger partial charge in [-0.05, 0) is 26.0 Å². The van der Waals surface area contributed by atoms with Crippen molar-refractivity contribution < 1.29 is 8.42 Å². The Kier molecular flexibility index (Phi) is 5.23. The molecule has 3 N–H and O–H groups in total. The molecule has 8 heteroatoms. The van der Waals surface area contributed by atoms with Crippen molar-refractivity contribution in [3.63, 3.8) is 0 Å². The van der Waals surface area contributed by atoms with Crippen molar-refractivity contribution in [1.82, 2.24) is 9.29 Å². The predicted octanol–water partition coefficient (Wildman–Crippen LogP) is 0.680. The van der Waals surface area contributed by atoms with Crippen molar-refractivity contribution in [2.45, 2.75) is 31.2 Å². The first-order chi connectivity index (χ1) is 8.95. The maximum atomic E-state index is 12.5. The van der Waals surface area contributed by atoms with Crippen molar-refractivity contribution in [2.75, 3.05) is 12.0 Å². The first-order valence-electron chi connectivity index (χ1n) is 5.75. The van der Waals surface area contributed by atoms with E-state index in [1.165, 1.54) is 22.6 Å². The Balaban J connectivity index is 3.23. The van der Waals surface area contributed by atoms with Gasteiger partial charge in [0.2, 0.25) is 10.0 Å². The maximum Gasteiger partial charge on any atom is 0.247 e. The van der Waals surface area contributed by atoms with Crippen LogP contribution in [0.4, 0.5) is 5.82 Å². The van der Waals surface area contributed by atoms with Gasteiger partial charge in [0.15, 0.2) is 5.82 Å². The first kappa shape index (κ1) is 15.4. The molecule has 0 radical (unpaired) electrons. The number of sulfonamides is 1. The average molecular weight is 283 g/mol. The number of hydrogen-bond donors (Lipinski definition) is 2. The van der Waals surface area contributed by atoms with Gasteiger partial charge in [0, 0.05) is 25.2 Å². The van der Waals surface area contributed by atoms with Gasteiger partial charge in [0.25, 0.3) is 0 Å². The summed E-state index contributed by atoms with van der Waals surface area (Å²) in [4.78, 5) is 3.88. The summed E-state index contributed by atoms with van der Waals surface area (Å²) >= 11 is 0. The molecular formula is C11H17N5O2S. The molecule has 0 aliphatic rings. The summed E-state index contributed by atoms with van der Waals surface area (Å²) in [7, 11) is -3.74. The van der Waals surface area contributed by atoms with Crippen molar-refractivity contribution in [3.05, 3.63) is 18.3 Å². The molecule has 0 bridgehead atoms. The van der Waals surface area contributed by atoms with Gasteiger partial charge in [0.05, 0.1) is 6.07 Å². The highest BCUT2D eigenvalue weighted by Gasteiger charge is 2.29. The van der Waals surface area contributed by atoms with E-state index in [0.29, 0.717) is 0 Å². The van der Waals surface area contributed by atoms with E-state index in [1.54, 1.807) is 13.8 Å². The van der Waals surface area contributed by atoms with E-state index in [9.17, 15) is 8.42 Å². The minimum Gasteiger partial charge on any atom is -0.307 e. The van der Waals surface area contributed by atoms with Crippen LogP contribution >= 0.6 is 0 Å². The van der Waals surface area contributed by atoms with Gasteiger partial charge in [-0.1, -0.05) is 0 Å². The van der Waals surface area contributed by atoms with Gasteiger partial charge in [-0.2, -0.15) is 9.57 Å². The minimum absolute atomic E-state index is 0.00383. The minimum atomic E-state index is -3.74. The van der Waals surface area contributed by atoms with E-state index in [0.717, 1.165) is 0 Å². The molecule has 0 spiro atoms. The van der Waals surface area contributed by atoms with Crippen LogP contribution < -0.4 is 11.3 Å². The molecule has 0 fully saturated rings. The van der Waals surface area contributed by atoms with Crippen molar-refractivity contribution in [2.24, 2.45) is 5.84 Å². The highest BCUT2D eigenvalue weighted by molar-refractivity contribution is 7.89.